The molecular weight excluding hydrogens is 216 g/mol. The number of nitrogens with one attached hydrogen (secondary N) is 2. The Kier molecular flexibility index (Phi) is 5.06. The lowest BCUT2D eigenvalue weighted by atomic mass is 10.2. The summed E-state index contributed by atoms with van der Waals surface area (Å²) in [6.45, 7) is 0.482. The van der Waals surface area contributed by atoms with E-state index in [0.717, 1.165) is 5.69 Å². The van der Waals surface area contributed by atoms with Crippen LogP contribution in [-0.4, -0.2) is 19.0 Å². The number of rotatable bonds is 5. The van der Waals surface area contributed by atoms with Gasteiger partial charge >= 0.3 is 0 Å². The summed E-state index contributed by atoms with van der Waals surface area (Å²) in [5.74, 6) is -0.178. The molecule has 1 aromatic carbocycles. The van der Waals surface area contributed by atoms with E-state index in [-0.39, 0.29) is 12.5 Å². The average Bonchev–Trinajstić information content (AvgIpc) is 2.37. The molecule has 0 unspecified atom stereocenters. The molecule has 86 valence electrons. The Morgan fingerprint density at radius 2 is 2.18 bits per heavy atom. The minimum absolute atomic E-state index is 0.125. The predicted molar refractivity (Wildman–Crippen MR) is 62.9 cm³/mol. The third kappa shape index (κ3) is 4.67. The Hall–Kier alpha value is -2.53. The van der Waals surface area contributed by atoms with Crippen LogP contribution in [-0.2, 0) is 4.79 Å². The minimum atomic E-state index is -0.178. The molecule has 0 saturated carbocycles. The van der Waals surface area contributed by atoms with E-state index in [0.29, 0.717) is 18.5 Å². The van der Waals surface area contributed by atoms with Crippen LogP contribution >= 0.6 is 0 Å². The molecule has 1 aromatic rings. The first-order valence-corrected chi connectivity index (χ1v) is 5.14. The van der Waals surface area contributed by atoms with Gasteiger partial charge in [-0.25, -0.2) is 0 Å². The van der Waals surface area contributed by atoms with Crippen molar-refractivity contribution in [2.45, 2.75) is 6.42 Å². The largest absolute Gasteiger partial charge is 0.376 e. The number of hydrogen-bond acceptors (Lipinski definition) is 4. The highest BCUT2D eigenvalue weighted by Gasteiger charge is 2.00. The van der Waals surface area contributed by atoms with Crippen molar-refractivity contribution >= 4 is 11.6 Å². The Labute approximate surface area is 99.7 Å². The maximum absolute atomic E-state index is 11.3. The molecule has 0 heterocycles. The lowest BCUT2D eigenvalue weighted by Gasteiger charge is -2.06. The third-order valence-corrected chi connectivity index (χ3v) is 2.00. The molecule has 0 radical (unpaired) electrons. The number of carbonyl (C=O) groups excluding carboxylic acids is 1. The molecule has 0 atom stereocenters. The van der Waals surface area contributed by atoms with Crippen LogP contribution in [0.5, 0.6) is 0 Å². The highest BCUT2D eigenvalue weighted by atomic mass is 16.1. The monoisotopic (exact) mass is 228 g/mol. The molecule has 0 fully saturated rings. The summed E-state index contributed by atoms with van der Waals surface area (Å²) in [6, 6.07) is 10.8. The third-order valence-electron chi connectivity index (χ3n) is 2.00. The van der Waals surface area contributed by atoms with Crippen molar-refractivity contribution in [3.05, 3.63) is 29.8 Å². The van der Waals surface area contributed by atoms with Gasteiger partial charge in [0.2, 0.25) is 5.91 Å². The first kappa shape index (κ1) is 12.5. The van der Waals surface area contributed by atoms with Gasteiger partial charge in [-0.05, 0) is 18.2 Å². The number of hydrogen-bond donors (Lipinski definition) is 2. The maximum Gasteiger partial charge on any atom is 0.239 e. The van der Waals surface area contributed by atoms with E-state index in [1.807, 2.05) is 12.1 Å². The molecule has 0 aliphatic heterocycles. The molecule has 1 amide bonds. The van der Waals surface area contributed by atoms with Gasteiger partial charge < -0.3 is 10.6 Å². The molecule has 0 aliphatic rings. The fraction of sp³-hybridized carbons (Fsp3) is 0.250. The van der Waals surface area contributed by atoms with Crippen molar-refractivity contribution < 1.29 is 4.79 Å². The SMILES string of the molecule is N#CCCNC(=O)CNc1cccc(C#N)c1. The highest BCUT2D eigenvalue weighted by Crippen LogP contribution is 2.08. The number of carbonyl (C=O) groups is 1. The van der Waals surface area contributed by atoms with Gasteiger partial charge in [-0.15, -0.1) is 0 Å². The van der Waals surface area contributed by atoms with Crippen LogP contribution in [0.1, 0.15) is 12.0 Å². The summed E-state index contributed by atoms with van der Waals surface area (Å²) < 4.78 is 0. The Morgan fingerprint density at radius 1 is 1.35 bits per heavy atom. The molecule has 17 heavy (non-hydrogen) atoms. The van der Waals surface area contributed by atoms with Crippen LogP contribution in [0.2, 0.25) is 0 Å². The fourth-order valence-corrected chi connectivity index (χ4v) is 1.20. The molecular formula is C12H12N4O. The van der Waals surface area contributed by atoms with E-state index in [4.69, 9.17) is 10.5 Å². The molecule has 0 aliphatic carbocycles. The summed E-state index contributed by atoms with van der Waals surface area (Å²) in [4.78, 5) is 11.3. The molecule has 0 bridgehead atoms. The molecule has 0 saturated heterocycles. The van der Waals surface area contributed by atoms with Crippen LogP contribution < -0.4 is 10.6 Å². The summed E-state index contributed by atoms with van der Waals surface area (Å²) in [5, 5.41) is 22.5. The summed E-state index contributed by atoms with van der Waals surface area (Å²) in [5.41, 5.74) is 1.26. The second-order valence-electron chi connectivity index (χ2n) is 3.30. The zero-order chi connectivity index (χ0) is 12.5. The second kappa shape index (κ2) is 6.86. The van der Waals surface area contributed by atoms with E-state index < -0.39 is 0 Å². The van der Waals surface area contributed by atoms with Gasteiger partial charge in [-0.1, -0.05) is 6.07 Å². The van der Waals surface area contributed by atoms with Crippen LogP contribution in [0.15, 0.2) is 24.3 Å². The first-order chi connectivity index (χ1) is 8.26. The Bertz CT molecular complexity index is 470. The van der Waals surface area contributed by atoms with Crippen molar-refractivity contribution in [1.29, 1.82) is 10.5 Å². The number of anilines is 1. The smallest absolute Gasteiger partial charge is 0.239 e. The van der Waals surface area contributed by atoms with E-state index in [9.17, 15) is 4.79 Å². The zero-order valence-corrected chi connectivity index (χ0v) is 9.23. The van der Waals surface area contributed by atoms with Crippen molar-refractivity contribution in [3.63, 3.8) is 0 Å². The lowest BCUT2D eigenvalue weighted by Crippen LogP contribution is -2.30. The first-order valence-electron chi connectivity index (χ1n) is 5.14. The van der Waals surface area contributed by atoms with E-state index in [2.05, 4.69) is 10.6 Å². The lowest BCUT2D eigenvalue weighted by molar-refractivity contribution is -0.119. The van der Waals surface area contributed by atoms with Crippen LogP contribution in [0.4, 0.5) is 5.69 Å². The van der Waals surface area contributed by atoms with Gasteiger partial charge in [0, 0.05) is 12.2 Å². The van der Waals surface area contributed by atoms with Crippen LogP contribution in [0.25, 0.3) is 0 Å². The molecule has 5 nitrogen and oxygen atoms in total. The van der Waals surface area contributed by atoms with E-state index in [1.54, 1.807) is 24.3 Å². The zero-order valence-electron chi connectivity index (χ0n) is 9.23. The van der Waals surface area contributed by atoms with E-state index >= 15 is 0 Å². The predicted octanol–water partition coefficient (Wildman–Crippen LogP) is 1.00. The highest BCUT2D eigenvalue weighted by molar-refractivity contribution is 5.80. The topological polar surface area (TPSA) is 88.7 Å². The van der Waals surface area contributed by atoms with Crippen molar-refractivity contribution in [1.82, 2.24) is 5.32 Å². The number of amides is 1. The number of nitrogens with zero attached hydrogens (tertiary/aromatic N) is 2. The fourth-order valence-electron chi connectivity index (χ4n) is 1.20. The standard InChI is InChI=1S/C12H12N4O/c13-5-2-6-15-12(17)9-16-11-4-1-3-10(7-11)8-14/h1,3-4,7,16H,2,6,9H2,(H,15,17). The minimum Gasteiger partial charge on any atom is -0.376 e. The quantitative estimate of drug-likeness (QED) is 0.736. The second-order valence-corrected chi connectivity index (χ2v) is 3.30. The summed E-state index contributed by atoms with van der Waals surface area (Å²) in [7, 11) is 0. The molecule has 2 N–H and O–H groups in total. The number of benzene rings is 1. The summed E-state index contributed by atoms with van der Waals surface area (Å²) >= 11 is 0. The van der Waals surface area contributed by atoms with E-state index in [1.165, 1.54) is 0 Å². The van der Waals surface area contributed by atoms with Gasteiger partial charge in [-0.2, -0.15) is 10.5 Å². The summed E-state index contributed by atoms with van der Waals surface area (Å²) in [6.07, 6.45) is 0.301. The average molecular weight is 228 g/mol. The van der Waals surface area contributed by atoms with Crippen molar-refractivity contribution in [2.75, 3.05) is 18.4 Å². The molecule has 1 rings (SSSR count). The van der Waals surface area contributed by atoms with Gasteiger partial charge in [0.25, 0.3) is 0 Å². The Morgan fingerprint density at radius 3 is 2.88 bits per heavy atom. The normalized spacial score (nSPS) is 8.82. The molecule has 5 heteroatoms. The number of nitriles is 2. The van der Waals surface area contributed by atoms with Gasteiger partial charge in [0.15, 0.2) is 0 Å². The van der Waals surface area contributed by atoms with Crippen LogP contribution in [0, 0.1) is 22.7 Å². The van der Waals surface area contributed by atoms with Gasteiger partial charge in [-0.3, -0.25) is 4.79 Å². The molecule has 0 spiro atoms. The molecule has 0 aromatic heterocycles. The van der Waals surface area contributed by atoms with Gasteiger partial charge in [0.1, 0.15) is 0 Å². The maximum atomic E-state index is 11.3. The van der Waals surface area contributed by atoms with Crippen molar-refractivity contribution in [3.8, 4) is 12.1 Å². The van der Waals surface area contributed by atoms with Gasteiger partial charge in [0.05, 0.1) is 30.7 Å². The van der Waals surface area contributed by atoms with Crippen LogP contribution in [0.3, 0.4) is 0 Å². The van der Waals surface area contributed by atoms with Crippen molar-refractivity contribution in [2.24, 2.45) is 0 Å². The Balaban J connectivity index is 2.37.